The van der Waals surface area contributed by atoms with Crippen LogP contribution in [-0.4, -0.2) is 15.8 Å². The van der Waals surface area contributed by atoms with Gasteiger partial charge in [0.1, 0.15) is 17.2 Å². The molecular formula is C16H8F4N2O. The Morgan fingerprint density at radius 3 is 2.48 bits per heavy atom. The fourth-order valence-electron chi connectivity index (χ4n) is 2.17. The Kier molecular flexibility index (Phi) is 3.55. The van der Waals surface area contributed by atoms with Gasteiger partial charge in [0.2, 0.25) is 5.78 Å². The lowest BCUT2D eigenvalue weighted by Gasteiger charge is -2.11. The lowest BCUT2D eigenvalue weighted by Crippen LogP contribution is -2.12. The zero-order valence-corrected chi connectivity index (χ0v) is 11.4. The third kappa shape index (κ3) is 2.90. The van der Waals surface area contributed by atoms with Gasteiger partial charge in [0.15, 0.2) is 0 Å². The molecule has 0 saturated heterocycles. The van der Waals surface area contributed by atoms with Crippen molar-refractivity contribution >= 4 is 16.7 Å². The van der Waals surface area contributed by atoms with Crippen LogP contribution in [0, 0.1) is 5.82 Å². The van der Waals surface area contributed by atoms with Gasteiger partial charge in [-0.3, -0.25) is 9.78 Å². The molecule has 7 heteroatoms. The van der Waals surface area contributed by atoms with E-state index in [0.29, 0.717) is 6.07 Å². The van der Waals surface area contributed by atoms with Crippen LogP contribution in [0.4, 0.5) is 17.6 Å². The number of fused-ring (bicyclic) bond motifs is 1. The highest BCUT2D eigenvalue weighted by Crippen LogP contribution is 2.31. The molecule has 0 N–H and O–H groups in total. The maximum atomic E-state index is 13.4. The standard InChI is InChI=1S/C16H8F4N2O/c17-9-4-5-12-10(7-9)11(8-14(22-12)16(18,19)20)15(23)13-3-1-2-6-21-13/h1-8H. The molecule has 3 rings (SSSR count). The first-order valence-electron chi connectivity index (χ1n) is 6.49. The molecule has 116 valence electrons. The van der Waals surface area contributed by atoms with Gasteiger partial charge in [-0.15, -0.1) is 0 Å². The van der Waals surface area contributed by atoms with Gasteiger partial charge in [0, 0.05) is 17.1 Å². The third-order valence-electron chi connectivity index (χ3n) is 3.20. The minimum absolute atomic E-state index is 0.00801. The maximum absolute atomic E-state index is 13.4. The molecule has 0 aliphatic rings. The molecule has 0 aliphatic heterocycles. The summed E-state index contributed by atoms with van der Waals surface area (Å²) >= 11 is 0. The lowest BCUT2D eigenvalue weighted by atomic mass is 10.0. The van der Waals surface area contributed by atoms with Crippen molar-refractivity contribution in [2.45, 2.75) is 6.18 Å². The highest BCUT2D eigenvalue weighted by Gasteiger charge is 2.34. The van der Waals surface area contributed by atoms with E-state index in [2.05, 4.69) is 9.97 Å². The topological polar surface area (TPSA) is 42.9 Å². The number of alkyl halides is 3. The van der Waals surface area contributed by atoms with E-state index in [1.165, 1.54) is 18.3 Å². The van der Waals surface area contributed by atoms with Gasteiger partial charge in [-0.05, 0) is 36.4 Å². The van der Waals surface area contributed by atoms with Gasteiger partial charge in [0.05, 0.1) is 5.52 Å². The second kappa shape index (κ2) is 5.42. The van der Waals surface area contributed by atoms with E-state index in [1.54, 1.807) is 6.07 Å². The molecule has 3 nitrogen and oxygen atoms in total. The molecule has 0 saturated carbocycles. The van der Waals surface area contributed by atoms with Crippen molar-refractivity contribution in [2.24, 2.45) is 0 Å². The summed E-state index contributed by atoms with van der Waals surface area (Å²) in [4.78, 5) is 19.8. The maximum Gasteiger partial charge on any atom is 0.433 e. The largest absolute Gasteiger partial charge is 0.433 e. The second-order valence-corrected chi connectivity index (χ2v) is 4.76. The Balaban J connectivity index is 2.29. The summed E-state index contributed by atoms with van der Waals surface area (Å²) < 4.78 is 52.4. The number of carbonyl (C=O) groups excluding carboxylic acids is 1. The number of nitrogens with zero attached hydrogens (tertiary/aromatic N) is 2. The van der Waals surface area contributed by atoms with Gasteiger partial charge in [-0.2, -0.15) is 13.2 Å². The molecule has 0 amide bonds. The molecular weight excluding hydrogens is 312 g/mol. The van der Waals surface area contributed by atoms with Crippen LogP contribution in [0.2, 0.25) is 0 Å². The average molecular weight is 320 g/mol. The summed E-state index contributed by atoms with van der Waals surface area (Å²) in [5.41, 5.74) is -1.64. The summed E-state index contributed by atoms with van der Waals surface area (Å²) in [5, 5.41) is 0.00801. The minimum atomic E-state index is -4.72. The highest BCUT2D eigenvalue weighted by atomic mass is 19.4. The Labute approximate surface area is 127 Å². The average Bonchev–Trinajstić information content (AvgIpc) is 2.53. The number of carbonyl (C=O) groups is 1. The van der Waals surface area contributed by atoms with Crippen LogP contribution in [0.1, 0.15) is 21.7 Å². The van der Waals surface area contributed by atoms with Gasteiger partial charge in [0.25, 0.3) is 0 Å². The molecule has 0 unspecified atom stereocenters. The Morgan fingerprint density at radius 2 is 1.83 bits per heavy atom. The first-order chi connectivity index (χ1) is 10.9. The normalized spacial score (nSPS) is 11.7. The number of pyridine rings is 2. The van der Waals surface area contributed by atoms with Gasteiger partial charge in [-0.25, -0.2) is 9.37 Å². The fraction of sp³-hybridized carbons (Fsp3) is 0.0625. The molecule has 2 heterocycles. The third-order valence-corrected chi connectivity index (χ3v) is 3.20. The van der Waals surface area contributed by atoms with Crippen molar-refractivity contribution < 1.29 is 22.4 Å². The first kappa shape index (κ1) is 15.1. The van der Waals surface area contributed by atoms with Gasteiger partial charge >= 0.3 is 6.18 Å². The number of benzene rings is 1. The quantitative estimate of drug-likeness (QED) is 0.529. The predicted octanol–water partition coefficient (Wildman–Crippen LogP) is 4.02. The van der Waals surface area contributed by atoms with Gasteiger partial charge < -0.3 is 0 Å². The second-order valence-electron chi connectivity index (χ2n) is 4.76. The van der Waals surface area contributed by atoms with Crippen LogP contribution in [0.3, 0.4) is 0 Å². The summed E-state index contributed by atoms with van der Waals surface area (Å²) in [6.45, 7) is 0. The van der Waals surface area contributed by atoms with Crippen LogP contribution in [0.5, 0.6) is 0 Å². The zero-order chi connectivity index (χ0) is 16.6. The van der Waals surface area contributed by atoms with E-state index >= 15 is 0 Å². The molecule has 0 radical (unpaired) electrons. The highest BCUT2D eigenvalue weighted by molar-refractivity contribution is 6.15. The van der Waals surface area contributed by atoms with Crippen molar-refractivity contribution in [3.63, 3.8) is 0 Å². The molecule has 0 aliphatic carbocycles. The van der Waals surface area contributed by atoms with E-state index in [0.717, 1.165) is 18.2 Å². The van der Waals surface area contributed by atoms with Crippen molar-refractivity contribution in [1.82, 2.24) is 9.97 Å². The van der Waals surface area contributed by atoms with E-state index in [9.17, 15) is 22.4 Å². The Hall–Kier alpha value is -2.83. The Morgan fingerprint density at radius 1 is 1.04 bits per heavy atom. The van der Waals surface area contributed by atoms with E-state index < -0.39 is 23.5 Å². The van der Waals surface area contributed by atoms with Gasteiger partial charge in [-0.1, -0.05) is 6.07 Å². The number of halogens is 4. The lowest BCUT2D eigenvalue weighted by molar-refractivity contribution is -0.140. The SMILES string of the molecule is O=C(c1ccccn1)c1cc(C(F)(F)F)nc2ccc(F)cc12. The first-order valence-corrected chi connectivity index (χ1v) is 6.49. The van der Waals surface area contributed by atoms with Crippen LogP contribution in [-0.2, 0) is 6.18 Å². The fourth-order valence-corrected chi connectivity index (χ4v) is 2.17. The molecule has 0 spiro atoms. The van der Waals surface area contributed by atoms with Crippen molar-refractivity contribution in [2.75, 3.05) is 0 Å². The van der Waals surface area contributed by atoms with Crippen LogP contribution in [0.15, 0.2) is 48.7 Å². The molecule has 1 aromatic carbocycles. The van der Waals surface area contributed by atoms with E-state index in [4.69, 9.17) is 0 Å². The molecule has 23 heavy (non-hydrogen) atoms. The number of hydrogen-bond donors (Lipinski definition) is 0. The number of aromatic nitrogens is 2. The molecule has 3 aromatic rings. The van der Waals surface area contributed by atoms with Crippen LogP contribution in [0.25, 0.3) is 10.9 Å². The molecule has 0 bridgehead atoms. The number of rotatable bonds is 2. The predicted molar refractivity (Wildman–Crippen MR) is 74.4 cm³/mol. The summed E-state index contributed by atoms with van der Waals surface area (Å²) in [6.07, 6.45) is -3.37. The van der Waals surface area contributed by atoms with Crippen molar-refractivity contribution in [1.29, 1.82) is 0 Å². The molecule has 2 aromatic heterocycles. The minimum Gasteiger partial charge on any atom is -0.287 e. The van der Waals surface area contributed by atoms with Crippen molar-refractivity contribution in [3.05, 3.63) is 71.4 Å². The molecule has 0 atom stereocenters. The summed E-state index contributed by atoms with van der Waals surface area (Å²) in [6, 6.07) is 8.19. The summed E-state index contributed by atoms with van der Waals surface area (Å²) in [7, 11) is 0. The smallest absolute Gasteiger partial charge is 0.287 e. The van der Waals surface area contributed by atoms with E-state index in [-0.39, 0.29) is 22.2 Å². The monoisotopic (exact) mass is 320 g/mol. The van der Waals surface area contributed by atoms with Crippen LogP contribution >= 0.6 is 0 Å². The summed E-state index contributed by atoms with van der Waals surface area (Å²) in [5.74, 6) is -1.40. The number of ketones is 1. The zero-order valence-electron chi connectivity index (χ0n) is 11.4. The van der Waals surface area contributed by atoms with E-state index in [1.807, 2.05) is 0 Å². The number of hydrogen-bond acceptors (Lipinski definition) is 3. The Bertz CT molecular complexity index is 892. The van der Waals surface area contributed by atoms with Crippen molar-refractivity contribution in [3.8, 4) is 0 Å². The molecule has 0 fully saturated rings. The van der Waals surface area contributed by atoms with Crippen LogP contribution < -0.4 is 0 Å².